The van der Waals surface area contributed by atoms with Gasteiger partial charge in [0, 0.05) is 29.8 Å². The van der Waals surface area contributed by atoms with Gasteiger partial charge in [-0.15, -0.1) is 11.3 Å². The minimum atomic E-state index is 0.520. The number of hydrogen-bond acceptors (Lipinski definition) is 6. The maximum Gasteiger partial charge on any atom is 0.136 e. The van der Waals surface area contributed by atoms with Crippen molar-refractivity contribution >= 4 is 33.1 Å². The molecule has 0 amide bonds. The van der Waals surface area contributed by atoms with Gasteiger partial charge in [-0.2, -0.15) is 0 Å². The number of anilines is 2. The van der Waals surface area contributed by atoms with Crippen molar-refractivity contribution in [3.63, 3.8) is 0 Å². The molecular formula is C16H18N4OS. The van der Waals surface area contributed by atoms with Crippen molar-refractivity contribution in [2.75, 3.05) is 25.2 Å². The Kier molecular flexibility index (Phi) is 4.22. The molecule has 3 rings (SSSR count). The summed E-state index contributed by atoms with van der Waals surface area (Å²) in [5.74, 6) is 0.520. The molecule has 0 fully saturated rings. The molecule has 114 valence electrons. The molecule has 0 radical (unpaired) electrons. The first-order chi connectivity index (χ1) is 10.7. The second-order valence-electron chi connectivity index (χ2n) is 5.06. The third-order valence-corrected chi connectivity index (χ3v) is 4.70. The molecule has 0 aliphatic carbocycles. The van der Waals surface area contributed by atoms with Gasteiger partial charge in [0.2, 0.25) is 0 Å². The zero-order valence-corrected chi connectivity index (χ0v) is 13.2. The van der Waals surface area contributed by atoms with E-state index in [4.69, 9.17) is 16.2 Å². The lowest BCUT2D eigenvalue weighted by atomic mass is 10.0. The summed E-state index contributed by atoms with van der Waals surface area (Å²) in [6, 6.07) is 7.84. The Bertz CT molecular complexity index is 783. The number of nitrogen functional groups attached to an aromatic ring is 2. The van der Waals surface area contributed by atoms with Gasteiger partial charge in [-0.3, -0.25) is 0 Å². The van der Waals surface area contributed by atoms with Crippen LogP contribution in [0.1, 0.15) is 11.3 Å². The Morgan fingerprint density at radius 3 is 2.64 bits per heavy atom. The zero-order chi connectivity index (χ0) is 15.5. The first kappa shape index (κ1) is 14.7. The molecule has 0 bridgehead atoms. The van der Waals surface area contributed by atoms with Gasteiger partial charge in [-0.05, 0) is 30.5 Å². The normalized spacial score (nSPS) is 11.1. The zero-order valence-electron chi connectivity index (χ0n) is 12.4. The third kappa shape index (κ3) is 2.75. The Balaban J connectivity index is 2.15. The highest BCUT2D eigenvalue weighted by molar-refractivity contribution is 7.19. The van der Waals surface area contributed by atoms with Crippen molar-refractivity contribution < 1.29 is 4.74 Å². The number of nitrogens with two attached hydrogens (primary N) is 2. The first-order valence-corrected chi connectivity index (χ1v) is 7.89. The highest BCUT2D eigenvalue weighted by Crippen LogP contribution is 2.40. The highest BCUT2D eigenvalue weighted by Gasteiger charge is 2.17. The lowest BCUT2D eigenvalue weighted by Gasteiger charge is -2.06. The molecule has 6 heteroatoms. The van der Waals surface area contributed by atoms with Crippen molar-refractivity contribution in [3.05, 3.63) is 35.5 Å². The van der Waals surface area contributed by atoms with Crippen LogP contribution in [0.25, 0.3) is 21.3 Å². The summed E-state index contributed by atoms with van der Waals surface area (Å²) >= 11 is 1.67. The Labute approximate surface area is 133 Å². The molecule has 2 heterocycles. The van der Waals surface area contributed by atoms with Crippen molar-refractivity contribution in [2.24, 2.45) is 0 Å². The highest BCUT2D eigenvalue weighted by atomic mass is 32.1. The van der Waals surface area contributed by atoms with E-state index in [1.54, 1.807) is 18.4 Å². The molecule has 3 aromatic rings. The van der Waals surface area contributed by atoms with Crippen LogP contribution in [0.15, 0.2) is 30.6 Å². The van der Waals surface area contributed by atoms with Crippen molar-refractivity contribution in [1.82, 2.24) is 9.97 Å². The fourth-order valence-corrected chi connectivity index (χ4v) is 3.72. The van der Waals surface area contributed by atoms with Crippen LogP contribution in [0, 0.1) is 0 Å². The van der Waals surface area contributed by atoms with Crippen LogP contribution in [-0.4, -0.2) is 23.7 Å². The maximum absolute atomic E-state index is 6.10. The van der Waals surface area contributed by atoms with Gasteiger partial charge < -0.3 is 16.2 Å². The van der Waals surface area contributed by atoms with Crippen LogP contribution < -0.4 is 11.5 Å². The average molecular weight is 314 g/mol. The van der Waals surface area contributed by atoms with E-state index in [1.165, 1.54) is 11.2 Å². The Hall–Kier alpha value is -2.18. The fourth-order valence-electron chi connectivity index (χ4n) is 2.51. The van der Waals surface area contributed by atoms with E-state index in [1.807, 2.05) is 24.3 Å². The van der Waals surface area contributed by atoms with E-state index in [0.29, 0.717) is 5.82 Å². The number of methoxy groups -OCH3 is 1. The number of ether oxygens (including phenoxy) is 1. The number of thiophene rings is 1. The second kappa shape index (κ2) is 6.29. The Morgan fingerprint density at radius 2 is 1.91 bits per heavy atom. The molecule has 22 heavy (non-hydrogen) atoms. The number of fused-ring (bicyclic) bond motifs is 1. The largest absolute Gasteiger partial charge is 0.399 e. The molecule has 0 saturated carbocycles. The molecule has 0 saturated heterocycles. The number of benzene rings is 1. The van der Waals surface area contributed by atoms with E-state index in [2.05, 4.69) is 9.97 Å². The minimum Gasteiger partial charge on any atom is -0.399 e. The van der Waals surface area contributed by atoms with Gasteiger partial charge in [0.25, 0.3) is 0 Å². The van der Waals surface area contributed by atoms with Crippen LogP contribution >= 0.6 is 11.3 Å². The third-order valence-electron chi connectivity index (χ3n) is 3.54. The van der Waals surface area contributed by atoms with E-state index in [0.717, 1.165) is 46.5 Å². The minimum absolute atomic E-state index is 0.520. The summed E-state index contributed by atoms with van der Waals surface area (Å²) in [5.41, 5.74) is 14.8. The van der Waals surface area contributed by atoms with Crippen LogP contribution in [0.5, 0.6) is 0 Å². The summed E-state index contributed by atoms with van der Waals surface area (Å²) < 4.78 is 5.16. The molecule has 5 nitrogen and oxygen atoms in total. The molecule has 0 aliphatic rings. The second-order valence-corrected chi connectivity index (χ2v) is 6.14. The van der Waals surface area contributed by atoms with Gasteiger partial charge in [0.1, 0.15) is 17.0 Å². The number of hydrogen-bond donors (Lipinski definition) is 2. The van der Waals surface area contributed by atoms with Gasteiger partial charge in [0.15, 0.2) is 0 Å². The van der Waals surface area contributed by atoms with E-state index < -0.39 is 0 Å². The lowest BCUT2D eigenvalue weighted by Crippen LogP contribution is -1.95. The maximum atomic E-state index is 6.10. The number of aryl methyl sites for hydroxylation is 1. The number of rotatable bonds is 5. The molecule has 0 aliphatic heterocycles. The molecule has 0 unspecified atom stereocenters. The van der Waals surface area contributed by atoms with Crippen LogP contribution in [0.3, 0.4) is 0 Å². The summed E-state index contributed by atoms with van der Waals surface area (Å²) in [6.45, 7) is 0.733. The van der Waals surface area contributed by atoms with Gasteiger partial charge in [-0.1, -0.05) is 12.1 Å². The smallest absolute Gasteiger partial charge is 0.136 e. The van der Waals surface area contributed by atoms with Crippen LogP contribution in [0.4, 0.5) is 11.5 Å². The molecule has 0 spiro atoms. The standard InChI is InChI=1S/C16H18N4OS/c1-21-8-2-3-12-13(10-4-6-11(17)7-5-10)14-15(18)19-9-20-16(14)22-12/h4-7,9H,2-3,8,17H2,1H3,(H2,18,19,20). The van der Waals surface area contributed by atoms with Crippen LogP contribution in [-0.2, 0) is 11.2 Å². The Morgan fingerprint density at radius 1 is 1.14 bits per heavy atom. The number of aromatic nitrogens is 2. The van der Waals surface area contributed by atoms with Gasteiger partial charge >= 0.3 is 0 Å². The van der Waals surface area contributed by atoms with E-state index >= 15 is 0 Å². The predicted octanol–water partition coefficient (Wildman–Crippen LogP) is 3.10. The molecule has 1 aromatic carbocycles. The average Bonchev–Trinajstić information content (AvgIpc) is 2.88. The van der Waals surface area contributed by atoms with Gasteiger partial charge in [0.05, 0.1) is 5.39 Å². The lowest BCUT2D eigenvalue weighted by molar-refractivity contribution is 0.195. The fraction of sp³-hybridized carbons (Fsp3) is 0.250. The topological polar surface area (TPSA) is 87.0 Å². The van der Waals surface area contributed by atoms with Crippen molar-refractivity contribution in [1.29, 1.82) is 0 Å². The monoisotopic (exact) mass is 314 g/mol. The first-order valence-electron chi connectivity index (χ1n) is 7.07. The summed E-state index contributed by atoms with van der Waals surface area (Å²) in [4.78, 5) is 10.7. The van der Waals surface area contributed by atoms with E-state index in [-0.39, 0.29) is 0 Å². The quantitative estimate of drug-likeness (QED) is 0.558. The van der Waals surface area contributed by atoms with Crippen molar-refractivity contribution in [3.8, 4) is 11.1 Å². The summed E-state index contributed by atoms with van der Waals surface area (Å²) in [5, 5.41) is 0.935. The molecule has 2 aromatic heterocycles. The summed E-state index contributed by atoms with van der Waals surface area (Å²) in [6.07, 6.45) is 3.40. The molecule has 4 N–H and O–H groups in total. The SMILES string of the molecule is COCCCc1sc2ncnc(N)c2c1-c1ccc(N)cc1. The number of nitrogens with zero attached hydrogens (tertiary/aromatic N) is 2. The van der Waals surface area contributed by atoms with Crippen molar-refractivity contribution in [2.45, 2.75) is 12.8 Å². The molecule has 0 atom stereocenters. The summed E-state index contributed by atoms with van der Waals surface area (Å²) in [7, 11) is 1.72. The predicted molar refractivity (Wildman–Crippen MR) is 91.9 cm³/mol. The van der Waals surface area contributed by atoms with E-state index in [9.17, 15) is 0 Å². The van der Waals surface area contributed by atoms with Gasteiger partial charge in [-0.25, -0.2) is 9.97 Å². The molecular weight excluding hydrogens is 296 g/mol. The van der Waals surface area contributed by atoms with Crippen LogP contribution in [0.2, 0.25) is 0 Å².